The Kier molecular flexibility index (Phi) is 6.76. The molecule has 0 fully saturated rings. The van der Waals surface area contributed by atoms with Crippen LogP contribution in [0.3, 0.4) is 0 Å². The number of benzene rings is 2. The van der Waals surface area contributed by atoms with Crippen LogP contribution in [0.5, 0.6) is 11.5 Å². The average Bonchev–Trinajstić information content (AvgIpc) is 2.72. The van der Waals surface area contributed by atoms with Crippen molar-refractivity contribution in [3.8, 4) is 11.5 Å². The van der Waals surface area contributed by atoms with E-state index in [2.05, 4.69) is 10.0 Å². The summed E-state index contributed by atoms with van der Waals surface area (Å²) in [5.74, 6) is 0.0823. The zero-order valence-corrected chi connectivity index (χ0v) is 17.2. The molecule has 3 N–H and O–H groups in total. The first-order valence-corrected chi connectivity index (χ1v) is 11.1. The molecule has 0 saturated heterocycles. The van der Waals surface area contributed by atoms with Gasteiger partial charge in [-0.3, -0.25) is 4.79 Å². The summed E-state index contributed by atoms with van der Waals surface area (Å²) in [6.45, 7) is 0.275. The molecule has 1 amide bonds. The molecule has 156 valence electrons. The minimum Gasteiger partial charge on any atom is -0.504 e. The molecule has 29 heavy (non-hydrogen) atoms. The van der Waals surface area contributed by atoms with Crippen molar-refractivity contribution in [1.82, 2.24) is 10.0 Å². The first-order chi connectivity index (χ1) is 13.9. The van der Waals surface area contributed by atoms with E-state index in [0.29, 0.717) is 5.75 Å². The van der Waals surface area contributed by atoms with Crippen LogP contribution in [0, 0.1) is 0 Å². The van der Waals surface area contributed by atoms with Crippen LogP contribution in [0.4, 0.5) is 0 Å². The fraction of sp³-hybridized carbons (Fsp3) is 0.381. The Morgan fingerprint density at radius 2 is 1.86 bits per heavy atom. The number of phenols is 1. The van der Waals surface area contributed by atoms with Gasteiger partial charge in [-0.2, -0.15) is 0 Å². The summed E-state index contributed by atoms with van der Waals surface area (Å²) in [5, 5.41) is 12.3. The molecular formula is C21H26N2O5S. The van der Waals surface area contributed by atoms with Gasteiger partial charge in [0, 0.05) is 19.5 Å². The highest BCUT2D eigenvalue weighted by Crippen LogP contribution is 2.26. The van der Waals surface area contributed by atoms with Crippen LogP contribution in [0.25, 0.3) is 0 Å². The van der Waals surface area contributed by atoms with Crippen LogP contribution in [0.2, 0.25) is 0 Å². The molecule has 0 atom stereocenters. The van der Waals surface area contributed by atoms with Crippen molar-refractivity contribution in [3.63, 3.8) is 0 Å². The van der Waals surface area contributed by atoms with Gasteiger partial charge in [-0.1, -0.05) is 12.1 Å². The summed E-state index contributed by atoms with van der Waals surface area (Å²) in [4.78, 5) is 12.3. The van der Waals surface area contributed by atoms with Gasteiger partial charge in [0.2, 0.25) is 15.9 Å². The van der Waals surface area contributed by atoms with Crippen molar-refractivity contribution in [2.75, 3.05) is 13.7 Å². The van der Waals surface area contributed by atoms with Gasteiger partial charge < -0.3 is 15.2 Å². The number of methoxy groups -OCH3 is 1. The fourth-order valence-electron chi connectivity index (χ4n) is 3.38. The summed E-state index contributed by atoms with van der Waals surface area (Å²) in [6.07, 6.45) is 4.15. The quantitative estimate of drug-likeness (QED) is 0.610. The number of sulfonamides is 1. The Balaban J connectivity index is 1.49. The average molecular weight is 419 g/mol. The predicted octanol–water partition coefficient (Wildman–Crippen LogP) is 2.26. The number of nitrogens with one attached hydrogen (secondary N) is 2. The highest BCUT2D eigenvalue weighted by atomic mass is 32.2. The van der Waals surface area contributed by atoms with Crippen molar-refractivity contribution in [1.29, 1.82) is 0 Å². The molecule has 2 aromatic carbocycles. The van der Waals surface area contributed by atoms with E-state index >= 15 is 0 Å². The number of ether oxygens (including phenoxy) is 1. The van der Waals surface area contributed by atoms with Crippen molar-refractivity contribution >= 4 is 15.9 Å². The number of hydrogen-bond donors (Lipinski definition) is 3. The minimum atomic E-state index is -3.64. The third kappa shape index (κ3) is 5.48. The second-order valence-corrected chi connectivity index (χ2v) is 8.84. The molecule has 0 aliphatic heterocycles. The third-order valence-electron chi connectivity index (χ3n) is 5.01. The highest BCUT2D eigenvalue weighted by Gasteiger charge is 2.17. The molecule has 0 saturated carbocycles. The van der Waals surface area contributed by atoms with E-state index in [0.717, 1.165) is 36.8 Å². The van der Waals surface area contributed by atoms with Crippen molar-refractivity contribution < 1.29 is 23.1 Å². The van der Waals surface area contributed by atoms with Crippen LogP contribution < -0.4 is 14.8 Å². The van der Waals surface area contributed by atoms with Gasteiger partial charge in [-0.05, 0) is 66.6 Å². The van der Waals surface area contributed by atoms with E-state index < -0.39 is 10.0 Å². The number of phenolic OH excluding ortho intramolecular Hbond substituents is 1. The van der Waals surface area contributed by atoms with Crippen LogP contribution in [-0.2, 0) is 34.2 Å². The second-order valence-electron chi connectivity index (χ2n) is 7.07. The molecule has 7 nitrogen and oxygen atoms in total. The van der Waals surface area contributed by atoms with Crippen LogP contribution >= 0.6 is 0 Å². The Morgan fingerprint density at radius 1 is 1.10 bits per heavy atom. The topological polar surface area (TPSA) is 105 Å². The number of carbonyl (C=O) groups excluding carboxylic acids is 1. The minimum absolute atomic E-state index is 0.0180. The number of amides is 1. The molecular weight excluding hydrogens is 392 g/mol. The van der Waals surface area contributed by atoms with Crippen LogP contribution in [0.15, 0.2) is 41.3 Å². The smallest absolute Gasteiger partial charge is 0.240 e. The summed E-state index contributed by atoms with van der Waals surface area (Å²) in [6, 6.07) is 10.1. The molecule has 0 aromatic heterocycles. The predicted molar refractivity (Wildman–Crippen MR) is 109 cm³/mol. The maximum atomic E-state index is 12.5. The summed E-state index contributed by atoms with van der Waals surface area (Å²) < 4.78 is 32.5. The van der Waals surface area contributed by atoms with Gasteiger partial charge in [0.15, 0.2) is 11.5 Å². The van der Waals surface area contributed by atoms with Crippen molar-refractivity contribution in [3.05, 3.63) is 53.1 Å². The standard InChI is InChI=1S/C21H26N2O5S/c1-28-20-12-15(6-9-19(20)24)14-22-21(25)10-11-23-29(26,27)18-8-7-16-4-2-3-5-17(16)13-18/h6-9,12-13,23-24H,2-5,10-11,14H2,1H3,(H,22,25). The van der Waals surface area contributed by atoms with Gasteiger partial charge in [0.05, 0.1) is 12.0 Å². The van der Waals surface area contributed by atoms with E-state index in [1.165, 1.54) is 18.7 Å². The van der Waals surface area contributed by atoms with Crippen molar-refractivity contribution in [2.24, 2.45) is 0 Å². The maximum absolute atomic E-state index is 12.5. The number of carbonyl (C=O) groups is 1. The number of aryl methyl sites for hydroxylation is 2. The molecule has 0 unspecified atom stereocenters. The number of aromatic hydroxyl groups is 1. The molecule has 1 aliphatic rings. The maximum Gasteiger partial charge on any atom is 0.240 e. The zero-order chi connectivity index (χ0) is 20.9. The monoisotopic (exact) mass is 418 g/mol. The van der Waals surface area contributed by atoms with E-state index in [4.69, 9.17) is 4.74 Å². The zero-order valence-electron chi connectivity index (χ0n) is 16.4. The van der Waals surface area contributed by atoms with E-state index in [9.17, 15) is 18.3 Å². The molecule has 1 aliphatic carbocycles. The molecule has 0 spiro atoms. The number of hydrogen-bond acceptors (Lipinski definition) is 5. The Bertz CT molecular complexity index is 989. The van der Waals surface area contributed by atoms with Crippen molar-refractivity contribution in [2.45, 2.75) is 43.5 Å². The lowest BCUT2D eigenvalue weighted by atomic mass is 9.92. The molecule has 0 bridgehead atoms. The lowest BCUT2D eigenvalue weighted by Gasteiger charge is -2.16. The van der Waals surface area contributed by atoms with E-state index in [-0.39, 0.29) is 36.1 Å². The Hall–Kier alpha value is -2.58. The van der Waals surface area contributed by atoms with Gasteiger partial charge in [0.25, 0.3) is 0 Å². The normalized spacial score (nSPS) is 13.6. The van der Waals surface area contributed by atoms with Gasteiger partial charge in [-0.15, -0.1) is 0 Å². The first kappa shape index (κ1) is 21.1. The van der Waals surface area contributed by atoms with Gasteiger partial charge in [-0.25, -0.2) is 13.1 Å². The first-order valence-electron chi connectivity index (χ1n) is 9.63. The summed E-state index contributed by atoms with van der Waals surface area (Å²) in [5.41, 5.74) is 3.09. The van der Waals surface area contributed by atoms with E-state index in [1.807, 2.05) is 6.07 Å². The molecule has 3 rings (SSSR count). The summed E-state index contributed by atoms with van der Waals surface area (Å²) in [7, 11) is -2.19. The fourth-order valence-corrected chi connectivity index (χ4v) is 4.46. The van der Waals surface area contributed by atoms with Gasteiger partial charge in [0.1, 0.15) is 0 Å². The Morgan fingerprint density at radius 3 is 2.62 bits per heavy atom. The lowest BCUT2D eigenvalue weighted by Crippen LogP contribution is -2.30. The largest absolute Gasteiger partial charge is 0.504 e. The highest BCUT2D eigenvalue weighted by molar-refractivity contribution is 7.89. The summed E-state index contributed by atoms with van der Waals surface area (Å²) >= 11 is 0. The third-order valence-corrected chi connectivity index (χ3v) is 6.47. The van der Waals surface area contributed by atoms with Crippen LogP contribution in [-0.4, -0.2) is 33.1 Å². The molecule has 8 heteroatoms. The molecule has 2 aromatic rings. The van der Waals surface area contributed by atoms with E-state index in [1.54, 1.807) is 24.3 Å². The lowest BCUT2D eigenvalue weighted by molar-refractivity contribution is -0.121. The van der Waals surface area contributed by atoms with Crippen LogP contribution in [0.1, 0.15) is 36.0 Å². The SMILES string of the molecule is COc1cc(CNC(=O)CCNS(=O)(=O)c2ccc3c(c2)CCCC3)ccc1O. The number of fused-ring (bicyclic) bond motifs is 1. The van der Waals surface area contributed by atoms with Gasteiger partial charge >= 0.3 is 0 Å². The molecule has 0 heterocycles. The molecule has 0 radical (unpaired) electrons. The number of rotatable bonds is 8. The second kappa shape index (κ2) is 9.28. The Labute approximate surface area is 171 Å².